The predicted octanol–water partition coefficient (Wildman–Crippen LogP) is 4.03. The summed E-state index contributed by atoms with van der Waals surface area (Å²) < 4.78 is 11.4. The molecular weight excluding hydrogens is 302 g/mol. The van der Waals surface area contributed by atoms with Gasteiger partial charge in [0.15, 0.2) is 0 Å². The van der Waals surface area contributed by atoms with E-state index in [1.807, 2.05) is 68.4 Å². The number of nitrogens with zero attached hydrogens (tertiary/aromatic N) is 1. The fraction of sp³-hybridized carbons (Fsp3) is 0.211. The van der Waals surface area contributed by atoms with Gasteiger partial charge in [0.05, 0.1) is 17.5 Å². The number of nitrogens with two attached hydrogens (primary N) is 1. The highest BCUT2D eigenvalue weighted by atomic mass is 16.5. The highest BCUT2D eigenvalue weighted by molar-refractivity contribution is 5.60. The highest BCUT2D eigenvalue weighted by Gasteiger charge is 2.06. The zero-order chi connectivity index (χ0) is 16.9. The van der Waals surface area contributed by atoms with Crippen molar-refractivity contribution in [3.63, 3.8) is 0 Å². The van der Waals surface area contributed by atoms with Crippen molar-refractivity contribution >= 4 is 5.69 Å². The molecule has 3 aromatic rings. The third kappa shape index (κ3) is 4.07. The fourth-order valence-electron chi connectivity index (χ4n) is 2.29. The fourth-order valence-corrected chi connectivity index (χ4v) is 2.29. The molecule has 0 aliphatic rings. The number of anilines is 1. The third-order valence-corrected chi connectivity index (χ3v) is 3.43. The summed E-state index contributed by atoms with van der Waals surface area (Å²) in [4.78, 5) is 0. The van der Waals surface area contributed by atoms with E-state index in [-0.39, 0.29) is 6.10 Å². The topological polar surface area (TPSA) is 73.2 Å². The van der Waals surface area contributed by atoms with E-state index in [9.17, 15) is 0 Å². The van der Waals surface area contributed by atoms with Crippen molar-refractivity contribution in [2.75, 3.05) is 5.73 Å². The van der Waals surface area contributed by atoms with Crippen molar-refractivity contribution in [3.8, 4) is 22.8 Å². The number of rotatable bonds is 6. The van der Waals surface area contributed by atoms with Crippen molar-refractivity contribution in [1.29, 1.82) is 0 Å². The van der Waals surface area contributed by atoms with E-state index in [4.69, 9.17) is 15.2 Å². The average Bonchev–Trinajstić information content (AvgIpc) is 3.03. The lowest BCUT2D eigenvalue weighted by Gasteiger charge is -2.09. The van der Waals surface area contributed by atoms with Gasteiger partial charge in [0.25, 0.3) is 0 Å². The number of nitrogens with one attached hydrogen (secondary N) is 1. The molecule has 0 saturated carbocycles. The van der Waals surface area contributed by atoms with Gasteiger partial charge in [0, 0.05) is 11.3 Å². The number of hydrogen-bond acceptors (Lipinski definition) is 4. The highest BCUT2D eigenvalue weighted by Crippen LogP contribution is 2.22. The molecule has 0 fully saturated rings. The largest absolute Gasteiger partial charge is 0.491 e. The summed E-state index contributed by atoms with van der Waals surface area (Å²) in [7, 11) is 0. The third-order valence-electron chi connectivity index (χ3n) is 3.43. The van der Waals surface area contributed by atoms with Crippen LogP contribution < -0.4 is 15.2 Å². The molecule has 0 saturated heterocycles. The Balaban J connectivity index is 1.63. The molecule has 3 N–H and O–H groups in total. The lowest BCUT2D eigenvalue weighted by atomic mass is 10.1. The molecule has 124 valence electrons. The molecule has 0 bridgehead atoms. The summed E-state index contributed by atoms with van der Waals surface area (Å²) in [5.74, 6) is 1.63. The summed E-state index contributed by atoms with van der Waals surface area (Å²) in [6.45, 7) is 4.44. The number of ether oxygens (including phenoxy) is 2. The number of nitrogen functional groups attached to an aromatic ring is 1. The zero-order valence-corrected chi connectivity index (χ0v) is 13.8. The Kier molecular flexibility index (Phi) is 4.70. The summed E-state index contributed by atoms with van der Waals surface area (Å²) in [6.07, 6.45) is 0.165. The molecule has 1 heterocycles. The molecule has 1 aromatic heterocycles. The molecule has 3 rings (SSSR count). The van der Waals surface area contributed by atoms with Crippen molar-refractivity contribution in [1.82, 2.24) is 10.2 Å². The summed E-state index contributed by atoms with van der Waals surface area (Å²) in [6, 6.07) is 17.2. The molecular formula is C19H21N3O2. The van der Waals surface area contributed by atoms with E-state index >= 15 is 0 Å². The predicted molar refractivity (Wildman–Crippen MR) is 95.0 cm³/mol. The first-order chi connectivity index (χ1) is 11.6. The van der Waals surface area contributed by atoms with Gasteiger partial charge in [-0.1, -0.05) is 0 Å². The summed E-state index contributed by atoms with van der Waals surface area (Å²) in [5, 5.41) is 7.34. The van der Waals surface area contributed by atoms with Crippen LogP contribution >= 0.6 is 0 Å². The Hall–Kier alpha value is -2.95. The Morgan fingerprint density at radius 2 is 1.67 bits per heavy atom. The minimum Gasteiger partial charge on any atom is -0.491 e. The lowest BCUT2D eigenvalue weighted by Crippen LogP contribution is -2.05. The first-order valence-electron chi connectivity index (χ1n) is 7.90. The monoisotopic (exact) mass is 323 g/mol. The normalized spacial score (nSPS) is 10.8. The second-order valence-electron chi connectivity index (χ2n) is 5.83. The minimum absolute atomic E-state index is 0.165. The number of benzene rings is 2. The maximum atomic E-state index is 5.71. The van der Waals surface area contributed by atoms with E-state index in [1.54, 1.807) is 0 Å². The molecule has 5 nitrogen and oxygen atoms in total. The van der Waals surface area contributed by atoms with Gasteiger partial charge >= 0.3 is 0 Å². The van der Waals surface area contributed by atoms with Crippen LogP contribution in [0.25, 0.3) is 11.3 Å². The van der Waals surface area contributed by atoms with Gasteiger partial charge in [-0.25, -0.2) is 0 Å². The smallest absolute Gasteiger partial charge is 0.130 e. The van der Waals surface area contributed by atoms with E-state index in [2.05, 4.69) is 10.2 Å². The quantitative estimate of drug-likeness (QED) is 0.672. The number of aromatic nitrogens is 2. The van der Waals surface area contributed by atoms with E-state index < -0.39 is 0 Å². The molecule has 0 aliphatic carbocycles. The first kappa shape index (κ1) is 15.9. The summed E-state index contributed by atoms with van der Waals surface area (Å²) in [5.41, 5.74) is 9.19. The van der Waals surface area contributed by atoms with Gasteiger partial charge in [0.2, 0.25) is 0 Å². The standard InChI is InChI=1S/C19H21N3O2/c1-13(2)24-18-7-3-14(4-8-18)19-11-16(21-22-19)12-23-17-9-5-15(20)6-10-17/h3-11,13H,12,20H2,1-2H3,(H,21,22). The van der Waals surface area contributed by atoms with Crippen LogP contribution in [0.1, 0.15) is 19.5 Å². The lowest BCUT2D eigenvalue weighted by molar-refractivity contribution is 0.242. The Morgan fingerprint density at radius 1 is 1.00 bits per heavy atom. The number of H-pyrrole nitrogens is 1. The van der Waals surface area contributed by atoms with Crippen molar-refractivity contribution in [2.24, 2.45) is 0 Å². The van der Waals surface area contributed by atoms with Gasteiger partial charge in [-0.05, 0) is 68.4 Å². The molecule has 0 amide bonds. The summed E-state index contributed by atoms with van der Waals surface area (Å²) >= 11 is 0. The molecule has 0 atom stereocenters. The minimum atomic E-state index is 0.165. The van der Waals surface area contributed by atoms with Crippen molar-refractivity contribution in [2.45, 2.75) is 26.6 Å². The van der Waals surface area contributed by atoms with Crippen LogP contribution in [0.2, 0.25) is 0 Å². The van der Waals surface area contributed by atoms with Crippen LogP contribution in [0.3, 0.4) is 0 Å². The Labute approximate surface area is 141 Å². The first-order valence-corrected chi connectivity index (χ1v) is 7.90. The van der Waals surface area contributed by atoms with Gasteiger partial charge < -0.3 is 15.2 Å². The van der Waals surface area contributed by atoms with Gasteiger partial charge in [-0.2, -0.15) is 5.10 Å². The van der Waals surface area contributed by atoms with Crippen LogP contribution in [0, 0.1) is 0 Å². The van der Waals surface area contributed by atoms with Crippen LogP contribution in [0.4, 0.5) is 5.69 Å². The number of hydrogen-bond donors (Lipinski definition) is 2. The van der Waals surface area contributed by atoms with E-state index in [0.29, 0.717) is 6.61 Å². The van der Waals surface area contributed by atoms with Gasteiger partial charge in [0.1, 0.15) is 18.1 Å². The molecule has 0 unspecified atom stereocenters. The van der Waals surface area contributed by atoms with E-state index in [1.165, 1.54) is 0 Å². The van der Waals surface area contributed by atoms with Crippen LogP contribution in [0.15, 0.2) is 54.6 Å². The van der Waals surface area contributed by atoms with Crippen molar-refractivity contribution < 1.29 is 9.47 Å². The molecule has 0 spiro atoms. The van der Waals surface area contributed by atoms with Gasteiger partial charge in [-0.15, -0.1) is 0 Å². The van der Waals surface area contributed by atoms with Crippen molar-refractivity contribution in [3.05, 3.63) is 60.3 Å². The molecule has 0 radical (unpaired) electrons. The average molecular weight is 323 g/mol. The number of aromatic amines is 1. The molecule has 5 heteroatoms. The van der Waals surface area contributed by atoms with Crippen LogP contribution in [-0.2, 0) is 6.61 Å². The maximum Gasteiger partial charge on any atom is 0.130 e. The second kappa shape index (κ2) is 7.08. The molecule has 0 aliphatic heterocycles. The van der Waals surface area contributed by atoms with E-state index in [0.717, 1.165) is 34.1 Å². The zero-order valence-electron chi connectivity index (χ0n) is 13.8. The Bertz CT molecular complexity index is 777. The molecule has 2 aromatic carbocycles. The maximum absolute atomic E-state index is 5.71. The Morgan fingerprint density at radius 3 is 2.33 bits per heavy atom. The molecule has 24 heavy (non-hydrogen) atoms. The van der Waals surface area contributed by atoms with Crippen LogP contribution in [0.5, 0.6) is 11.5 Å². The van der Waals surface area contributed by atoms with Crippen LogP contribution in [-0.4, -0.2) is 16.3 Å². The van der Waals surface area contributed by atoms with Gasteiger partial charge in [-0.3, -0.25) is 5.10 Å². The SMILES string of the molecule is CC(C)Oc1ccc(-c2cc(COc3ccc(N)cc3)[nH]n2)cc1. The second-order valence-corrected chi connectivity index (χ2v) is 5.83.